The highest BCUT2D eigenvalue weighted by atomic mass is 16.5. The minimum Gasteiger partial charge on any atom is -0.487 e. The number of rotatable bonds is 6. The van der Waals surface area contributed by atoms with Crippen molar-refractivity contribution in [2.75, 3.05) is 6.54 Å². The van der Waals surface area contributed by atoms with Crippen molar-refractivity contribution in [2.24, 2.45) is 0 Å². The van der Waals surface area contributed by atoms with Crippen molar-refractivity contribution >= 4 is 5.78 Å². The second-order valence-corrected chi connectivity index (χ2v) is 6.01. The lowest BCUT2D eigenvalue weighted by atomic mass is 10.0. The van der Waals surface area contributed by atoms with Gasteiger partial charge in [-0.15, -0.1) is 0 Å². The summed E-state index contributed by atoms with van der Waals surface area (Å²) in [5, 5.41) is 3.24. The van der Waals surface area contributed by atoms with Crippen molar-refractivity contribution in [1.29, 1.82) is 0 Å². The van der Waals surface area contributed by atoms with Crippen LogP contribution in [0.4, 0.5) is 0 Å². The molecule has 0 bridgehead atoms. The van der Waals surface area contributed by atoms with E-state index in [2.05, 4.69) is 5.32 Å². The molecule has 1 heterocycles. The number of ether oxygens (including phenoxy) is 2. The number of hydrogen-bond donors (Lipinski definition) is 1. The normalized spacial score (nSPS) is 18.3. The summed E-state index contributed by atoms with van der Waals surface area (Å²) < 4.78 is 11.6. The summed E-state index contributed by atoms with van der Waals surface area (Å²) in [6.45, 7) is 8.79. The SMILES string of the molecule is CC(C)Oc1ccc(C(=O)C2CCCN2)cc1OC(C)C. The zero-order valence-electron chi connectivity index (χ0n) is 13.3. The van der Waals surface area contributed by atoms with E-state index in [1.165, 1.54) is 0 Å². The molecule has 2 rings (SSSR count). The van der Waals surface area contributed by atoms with Crippen LogP contribution in [0.5, 0.6) is 11.5 Å². The third-order valence-corrected chi connectivity index (χ3v) is 3.33. The number of benzene rings is 1. The summed E-state index contributed by atoms with van der Waals surface area (Å²) in [4.78, 5) is 12.5. The summed E-state index contributed by atoms with van der Waals surface area (Å²) in [6.07, 6.45) is 2.07. The van der Waals surface area contributed by atoms with Gasteiger partial charge in [-0.3, -0.25) is 4.79 Å². The number of hydrogen-bond acceptors (Lipinski definition) is 4. The van der Waals surface area contributed by atoms with E-state index in [0.717, 1.165) is 19.4 Å². The molecule has 0 spiro atoms. The molecule has 0 aromatic heterocycles. The van der Waals surface area contributed by atoms with Gasteiger partial charge >= 0.3 is 0 Å². The van der Waals surface area contributed by atoms with Crippen LogP contribution < -0.4 is 14.8 Å². The summed E-state index contributed by atoms with van der Waals surface area (Å²) >= 11 is 0. The highest BCUT2D eigenvalue weighted by Gasteiger charge is 2.24. The molecule has 0 amide bonds. The third kappa shape index (κ3) is 4.21. The van der Waals surface area contributed by atoms with Crippen molar-refractivity contribution in [1.82, 2.24) is 5.32 Å². The Morgan fingerprint density at radius 2 is 1.81 bits per heavy atom. The van der Waals surface area contributed by atoms with Crippen LogP contribution in [0.1, 0.15) is 50.9 Å². The summed E-state index contributed by atoms with van der Waals surface area (Å²) in [5.41, 5.74) is 0.682. The van der Waals surface area contributed by atoms with Gasteiger partial charge in [0.05, 0.1) is 18.2 Å². The molecule has 1 aliphatic heterocycles. The van der Waals surface area contributed by atoms with Gasteiger partial charge in [0, 0.05) is 5.56 Å². The van der Waals surface area contributed by atoms with Gasteiger partial charge in [-0.25, -0.2) is 0 Å². The van der Waals surface area contributed by atoms with E-state index >= 15 is 0 Å². The second kappa shape index (κ2) is 6.94. The molecule has 1 atom stereocenters. The Labute approximate surface area is 126 Å². The van der Waals surface area contributed by atoms with E-state index in [1.807, 2.05) is 39.8 Å². The van der Waals surface area contributed by atoms with Crippen LogP contribution in [0.3, 0.4) is 0 Å². The van der Waals surface area contributed by atoms with Crippen molar-refractivity contribution in [2.45, 2.75) is 58.8 Å². The zero-order valence-corrected chi connectivity index (χ0v) is 13.3. The standard InChI is InChI=1S/C17H25NO3/c1-11(2)20-15-8-7-13(10-16(15)21-12(3)4)17(19)14-6-5-9-18-14/h7-8,10-12,14,18H,5-6,9H2,1-4H3. The fraction of sp³-hybridized carbons (Fsp3) is 0.588. The molecule has 1 aromatic carbocycles. The topological polar surface area (TPSA) is 47.6 Å². The first kappa shape index (κ1) is 15.8. The Morgan fingerprint density at radius 3 is 2.38 bits per heavy atom. The van der Waals surface area contributed by atoms with Gasteiger partial charge in [0.25, 0.3) is 0 Å². The van der Waals surface area contributed by atoms with Gasteiger partial charge in [-0.1, -0.05) is 0 Å². The van der Waals surface area contributed by atoms with Gasteiger partial charge in [0.15, 0.2) is 17.3 Å². The van der Waals surface area contributed by atoms with Crippen molar-refractivity contribution in [3.63, 3.8) is 0 Å². The Hall–Kier alpha value is -1.55. The van der Waals surface area contributed by atoms with Crippen LogP contribution in [0, 0.1) is 0 Å². The van der Waals surface area contributed by atoms with E-state index in [0.29, 0.717) is 17.1 Å². The maximum Gasteiger partial charge on any atom is 0.179 e. The molecule has 1 N–H and O–H groups in total. The molecular formula is C17H25NO3. The molecule has 21 heavy (non-hydrogen) atoms. The van der Waals surface area contributed by atoms with E-state index in [4.69, 9.17) is 9.47 Å². The number of carbonyl (C=O) groups excluding carboxylic acids is 1. The van der Waals surface area contributed by atoms with Gasteiger partial charge in [0.1, 0.15) is 0 Å². The fourth-order valence-electron chi connectivity index (χ4n) is 2.47. The Balaban J connectivity index is 2.24. The zero-order chi connectivity index (χ0) is 15.4. The fourth-order valence-corrected chi connectivity index (χ4v) is 2.47. The average molecular weight is 291 g/mol. The quantitative estimate of drug-likeness (QED) is 0.818. The maximum atomic E-state index is 12.5. The van der Waals surface area contributed by atoms with E-state index in [9.17, 15) is 4.79 Å². The van der Waals surface area contributed by atoms with Crippen LogP contribution in [-0.4, -0.2) is 30.6 Å². The first-order valence-electron chi connectivity index (χ1n) is 7.72. The monoisotopic (exact) mass is 291 g/mol. The van der Waals surface area contributed by atoms with Crippen LogP contribution in [0.15, 0.2) is 18.2 Å². The molecule has 4 heteroatoms. The van der Waals surface area contributed by atoms with Crippen LogP contribution in [-0.2, 0) is 0 Å². The number of nitrogens with one attached hydrogen (secondary N) is 1. The molecule has 1 fully saturated rings. The molecule has 1 aromatic rings. The molecule has 1 aliphatic rings. The highest BCUT2D eigenvalue weighted by Crippen LogP contribution is 2.31. The third-order valence-electron chi connectivity index (χ3n) is 3.33. The first-order chi connectivity index (χ1) is 9.97. The molecule has 116 valence electrons. The largest absolute Gasteiger partial charge is 0.487 e. The molecule has 0 aliphatic carbocycles. The number of carbonyl (C=O) groups is 1. The predicted molar refractivity (Wildman–Crippen MR) is 83.3 cm³/mol. The number of Topliss-reactive ketones (excluding diaryl/α,β-unsaturated/α-hetero) is 1. The van der Waals surface area contributed by atoms with Crippen LogP contribution >= 0.6 is 0 Å². The molecule has 1 saturated heterocycles. The number of ketones is 1. The molecule has 4 nitrogen and oxygen atoms in total. The smallest absolute Gasteiger partial charge is 0.179 e. The van der Waals surface area contributed by atoms with Gasteiger partial charge in [-0.05, 0) is 65.3 Å². The minimum atomic E-state index is -0.0613. The molecule has 1 unspecified atom stereocenters. The van der Waals surface area contributed by atoms with Gasteiger partial charge in [0.2, 0.25) is 0 Å². The van der Waals surface area contributed by atoms with E-state index < -0.39 is 0 Å². The van der Waals surface area contributed by atoms with Crippen molar-refractivity contribution < 1.29 is 14.3 Å². The van der Waals surface area contributed by atoms with Crippen molar-refractivity contribution in [3.8, 4) is 11.5 Å². The Bertz CT molecular complexity index is 491. The van der Waals surface area contributed by atoms with Gasteiger partial charge in [-0.2, -0.15) is 0 Å². The second-order valence-electron chi connectivity index (χ2n) is 6.01. The molecular weight excluding hydrogens is 266 g/mol. The highest BCUT2D eigenvalue weighted by molar-refractivity contribution is 6.00. The lowest BCUT2D eigenvalue weighted by Gasteiger charge is -2.18. The maximum absolute atomic E-state index is 12.5. The average Bonchev–Trinajstić information content (AvgIpc) is 2.92. The predicted octanol–water partition coefficient (Wildman–Crippen LogP) is 3.20. The molecule has 0 saturated carbocycles. The lowest BCUT2D eigenvalue weighted by molar-refractivity contribution is 0.0951. The van der Waals surface area contributed by atoms with E-state index in [1.54, 1.807) is 6.07 Å². The minimum absolute atomic E-state index is 0.0365. The summed E-state index contributed by atoms with van der Waals surface area (Å²) in [7, 11) is 0. The summed E-state index contributed by atoms with van der Waals surface area (Å²) in [5.74, 6) is 1.47. The Morgan fingerprint density at radius 1 is 1.14 bits per heavy atom. The van der Waals surface area contributed by atoms with E-state index in [-0.39, 0.29) is 24.0 Å². The summed E-state index contributed by atoms with van der Waals surface area (Å²) in [6, 6.07) is 5.40. The van der Waals surface area contributed by atoms with Gasteiger partial charge < -0.3 is 14.8 Å². The van der Waals surface area contributed by atoms with Crippen molar-refractivity contribution in [3.05, 3.63) is 23.8 Å². The Kier molecular flexibility index (Phi) is 5.23. The lowest BCUT2D eigenvalue weighted by Crippen LogP contribution is -2.30. The van der Waals surface area contributed by atoms with Crippen LogP contribution in [0.25, 0.3) is 0 Å². The molecule has 0 radical (unpaired) electrons. The first-order valence-corrected chi connectivity index (χ1v) is 7.72. The van der Waals surface area contributed by atoms with Crippen LogP contribution in [0.2, 0.25) is 0 Å².